The van der Waals surface area contributed by atoms with Gasteiger partial charge >= 0.3 is 0 Å². The van der Waals surface area contributed by atoms with Crippen LogP contribution >= 0.6 is 27.3 Å². The first-order valence-electron chi connectivity index (χ1n) is 6.80. The fourth-order valence-corrected chi connectivity index (χ4v) is 3.41. The molecule has 2 aromatic heterocycles. The molecule has 4 nitrogen and oxygen atoms in total. The van der Waals surface area contributed by atoms with Crippen molar-refractivity contribution in [2.24, 2.45) is 0 Å². The van der Waals surface area contributed by atoms with Crippen molar-refractivity contribution in [3.8, 4) is 0 Å². The SMILES string of the molecule is CCCc1c(NCC)ncnc1NCc1ccc(Br)s1. The molecule has 0 radical (unpaired) electrons. The summed E-state index contributed by atoms with van der Waals surface area (Å²) in [5.74, 6) is 1.88. The van der Waals surface area contributed by atoms with Gasteiger partial charge in [0.1, 0.15) is 18.0 Å². The summed E-state index contributed by atoms with van der Waals surface area (Å²) in [6.07, 6.45) is 3.66. The largest absolute Gasteiger partial charge is 0.370 e. The minimum absolute atomic E-state index is 0.787. The van der Waals surface area contributed by atoms with Gasteiger partial charge in [-0.05, 0) is 41.4 Å². The van der Waals surface area contributed by atoms with Gasteiger partial charge in [-0.2, -0.15) is 0 Å². The fraction of sp³-hybridized carbons (Fsp3) is 0.429. The zero-order valence-electron chi connectivity index (χ0n) is 11.7. The molecule has 0 bridgehead atoms. The van der Waals surface area contributed by atoms with E-state index in [0.29, 0.717) is 0 Å². The second-order valence-corrected chi connectivity index (χ2v) is 6.94. The van der Waals surface area contributed by atoms with Crippen LogP contribution in [0.1, 0.15) is 30.7 Å². The molecule has 0 atom stereocenters. The lowest BCUT2D eigenvalue weighted by Gasteiger charge is -2.14. The van der Waals surface area contributed by atoms with Crippen molar-refractivity contribution in [3.63, 3.8) is 0 Å². The van der Waals surface area contributed by atoms with Crippen LogP contribution in [-0.4, -0.2) is 16.5 Å². The Morgan fingerprint density at radius 1 is 1.15 bits per heavy atom. The quantitative estimate of drug-likeness (QED) is 0.778. The first-order valence-corrected chi connectivity index (χ1v) is 8.41. The highest BCUT2D eigenvalue weighted by Gasteiger charge is 2.10. The number of halogens is 1. The molecular weight excluding hydrogens is 336 g/mol. The second kappa shape index (κ2) is 7.59. The first-order chi connectivity index (χ1) is 9.74. The van der Waals surface area contributed by atoms with Gasteiger partial charge in [-0.3, -0.25) is 0 Å². The number of thiophene rings is 1. The van der Waals surface area contributed by atoms with Crippen molar-refractivity contribution < 1.29 is 0 Å². The van der Waals surface area contributed by atoms with E-state index >= 15 is 0 Å². The molecule has 0 fully saturated rings. The fourth-order valence-electron chi connectivity index (χ4n) is 1.99. The molecular formula is C14H19BrN4S. The smallest absolute Gasteiger partial charge is 0.135 e. The monoisotopic (exact) mass is 354 g/mol. The zero-order chi connectivity index (χ0) is 14.4. The number of hydrogen-bond acceptors (Lipinski definition) is 5. The number of nitrogens with one attached hydrogen (secondary N) is 2. The van der Waals surface area contributed by atoms with Crippen LogP contribution in [0.5, 0.6) is 0 Å². The van der Waals surface area contributed by atoms with E-state index in [1.807, 2.05) is 0 Å². The molecule has 0 unspecified atom stereocenters. The Kier molecular flexibility index (Phi) is 5.79. The summed E-state index contributed by atoms with van der Waals surface area (Å²) in [6.45, 7) is 5.90. The molecule has 0 aliphatic carbocycles. The van der Waals surface area contributed by atoms with E-state index in [0.717, 1.165) is 41.4 Å². The topological polar surface area (TPSA) is 49.8 Å². The van der Waals surface area contributed by atoms with Crippen LogP contribution < -0.4 is 10.6 Å². The van der Waals surface area contributed by atoms with Gasteiger partial charge < -0.3 is 10.6 Å². The van der Waals surface area contributed by atoms with E-state index in [2.05, 4.69) is 62.5 Å². The van der Waals surface area contributed by atoms with Crippen LogP contribution in [0, 0.1) is 0 Å². The van der Waals surface area contributed by atoms with Gasteiger partial charge in [0.2, 0.25) is 0 Å². The predicted octanol–water partition coefficient (Wildman–Crippen LogP) is 4.30. The summed E-state index contributed by atoms with van der Waals surface area (Å²) in [6, 6.07) is 4.19. The maximum atomic E-state index is 4.39. The Morgan fingerprint density at radius 2 is 1.90 bits per heavy atom. The highest BCUT2D eigenvalue weighted by Crippen LogP contribution is 2.25. The zero-order valence-corrected chi connectivity index (χ0v) is 14.1. The molecule has 6 heteroatoms. The Morgan fingerprint density at radius 3 is 2.50 bits per heavy atom. The molecule has 2 aromatic rings. The van der Waals surface area contributed by atoms with E-state index in [-0.39, 0.29) is 0 Å². The maximum Gasteiger partial charge on any atom is 0.135 e. The molecule has 2 rings (SSSR count). The van der Waals surface area contributed by atoms with E-state index in [9.17, 15) is 0 Å². The number of rotatable bonds is 7. The van der Waals surface area contributed by atoms with Gasteiger partial charge in [0.25, 0.3) is 0 Å². The minimum atomic E-state index is 0.787. The van der Waals surface area contributed by atoms with Crippen LogP contribution in [0.2, 0.25) is 0 Å². The molecule has 2 N–H and O–H groups in total. The Labute approximate surface area is 132 Å². The third-order valence-corrected chi connectivity index (χ3v) is 4.47. The molecule has 0 saturated heterocycles. The van der Waals surface area contributed by atoms with Crippen LogP contribution in [0.4, 0.5) is 11.6 Å². The van der Waals surface area contributed by atoms with Crippen molar-refractivity contribution in [2.45, 2.75) is 33.2 Å². The van der Waals surface area contributed by atoms with Gasteiger partial charge in [0.05, 0.1) is 10.3 Å². The summed E-state index contributed by atoms with van der Waals surface area (Å²) in [5, 5.41) is 6.73. The van der Waals surface area contributed by atoms with Crippen molar-refractivity contribution >= 4 is 38.9 Å². The van der Waals surface area contributed by atoms with E-state index in [4.69, 9.17) is 0 Å². The maximum absolute atomic E-state index is 4.39. The number of nitrogens with zero attached hydrogens (tertiary/aromatic N) is 2. The van der Waals surface area contributed by atoms with Gasteiger partial charge in [0, 0.05) is 17.0 Å². The normalized spacial score (nSPS) is 10.6. The third kappa shape index (κ3) is 3.93. The summed E-state index contributed by atoms with van der Waals surface area (Å²) < 4.78 is 1.15. The highest BCUT2D eigenvalue weighted by molar-refractivity contribution is 9.11. The van der Waals surface area contributed by atoms with Crippen LogP contribution in [0.3, 0.4) is 0 Å². The lowest BCUT2D eigenvalue weighted by molar-refractivity contribution is 0.896. The average molecular weight is 355 g/mol. The van der Waals surface area contributed by atoms with Gasteiger partial charge in [-0.25, -0.2) is 9.97 Å². The summed E-state index contributed by atoms with van der Waals surface area (Å²) in [7, 11) is 0. The second-order valence-electron chi connectivity index (χ2n) is 4.39. The first kappa shape index (κ1) is 15.3. The summed E-state index contributed by atoms with van der Waals surface area (Å²) >= 11 is 5.22. The van der Waals surface area contributed by atoms with E-state index in [1.54, 1.807) is 17.7 Å². The summed E-state index contributed by atoms with van der Waals surface area (Å²) in [4.78, 5) is 10.0. The molecule has 108 valence electrons. The molecule has 2 heterocycles. The third-order valence-electron chi connectivity index (χ3n) is 2.85. The molecule has 0 aliphatic heterocycles. The molecule has 0 amide bonds. The van der Waals surface area contributed by atoms with E-state index in [1.165, 1.54) is 10.4 Å². The Bertz CT molecular complexity index is 556. The minimum Gasteiger partial charge on any atom is -0.370 e. The van der Waals surface area contributed by atoms with Gasteiger partial charge in [0.15, 0.2) is 0 Å². The lowest BCUT2D eigenvalue weighted by atomic mass is 10.1. The van der Waals surface area contributed by atoms with Crippen molar-refractivity contribution in [3.05, 3.63) is 32.7 Å². The van der Waals surface area contributed by atoms with Crippen molar-refractivity contribution in [1.82, 2.24) is 9.97 Å². The average Bonchev–Trinajstić information content (AvgIpc) is 2.85. The number of anilines is 2. The van der Waals surface area contributed by atoms with Crippen LogP contribution in [0.25, 0.3) is 0 Å². The molecule has 20 heavy (non-hydrogen) atoms. The Balaban J connectivity index is 2.14. The summed E-state index contributed by atoms with van der Waals surface area (Å²) in [5.41, 5.74) is 1.17. The van der Waals surface area contributed by atoms with Crippen LogP contribution in [0.15, 0.2) is 22.2 Å². The molecule has 0 saturated carbocycles. The van der Waals surface area contributed by atoms with E-state index < -0.39 is 0 Å². The standard InChI is InChI=1S/C14H19BrN4S/c1-3-5-11-13(16-4-2)18-9-19-14(11)17-8-10-6-7-12(15)20-10/h6-7,9H,3-5,8H2,1-2H3,(H2,16,17,18,19). The lowest BCUT2D eigenvalue weighted by Crippen LogP contribution is -2.09. The van der Waals surface area contributed by atoms with Crippen molar-refractivity contribution in [2.75, 3.05) is 17.2 Å². The molecule has 0 aliphatic rings. The van der Waals surface area contributed by atoms with Gasteiger partial charge in [-0.1, -0.05) is 13.3 Å². The molecule has 0 spiro atoms. The number of aromatic nitrogens is 2. The van der Waals surface area contributed by atoms with Crippen LogP contribution in [-0.2, 0) is 13.0 Å². The molecule has 0 aromatic carbocycles. The highest BCUT2D eigenvalue weighted by atomic mass is 79.9. The van der Waals surface area contributed by atoms with Crippen molar-refractivity contribution in [1.29, 1.82) is 0 Å². The Hall–Kier alpha value is -1.14. The van der Waals surface area contributed by atoms with Gasteiger partial charge in [-0.15, -0.1) is 11.3 Å². The predicted molar refractivity (Wildman–Crippen MR) is 89.5 cm³/mol. The number of hydrogen-bond donors (Lipinski definition) is 2.